The van der Waals surface area contributed by atoms with E-state index in [0.29, 0.717) is 23.4 Å². The zero-order valence-corrected chi connectivity index (χ0v) is 14.2. The molecule has 1 aliphatic rings. The maximum Gasteiger partial charge on any atom is 0.275 e. The quantitative estimate of drug-likeness (QED) is 0.775. The highest BCUT2D eigenvalue weighted by atomic mass is 16.2. The van der Waals surface area contributed by atoms with Gasteiger partial charge < -0.3 is 4.90 Å². The van der Waals surface area contributed by atoms with E-state index in [1.165, 1.54) is 4.52 Å². The fourth-order valence-electron chi connectivity index (χ4n) is 3.38. The van der Waals surface area contributed by atoms with Gasteiger partial charge in [0.25, 0.3) is 11.5 Å². The molecular formula is C18H19N5O2. The van der Waals surface area contributed by atoms with Crippen molar-refractivity contribution in [3.05, 3.63) is 63.5 Å². The van der Waals surface area contributed by atoms with Gasteiger partial charge in [0, 0.05) is 30.1 Å². The molecule has 3 aromatic heterocycles. The third kappa shape index (κ3) is 2.52. The van der Waals surface area contributed by atoms with Crippen LogP contribution in [0.2, 0.25) is 0 Å². The SMILES string of the molecule is Cc1nc2cc([C@H]3CCCN3C(=O)c3ccccn3)[nH]n2c(=O)c1C. The first kappa shape index (κ1) is 15.6. The Morgan fingerprint density at radius 2 is 2.16 bits per heavy atom. The summed E-state index contributed by atoms with van der Waals surface area (Å²) in [5, 5.41) is 3.14. The molecule has 1 fully saturated rings. The highest BCUT2D eigenvalue weighted by Gasteiger charge is 2.32. The molecule has 0 saturated carbocycles. The Labute approximate surface area is 144 Å². The highest BCUT2D eigenvalue weighted by Crippen LogP contribution is 2.32. The monoisotopic (exact) mass is 337 g/mol. The summed E-state index contributed by atoms with van der Waals surface area (Å²) >= 11 is 0. The number of aromatic amines is 1. The minimum Gasteiger partial charge on any atom is -0.329 e. The van der Waals surface area contributed by atoms with Crippen molar-refractivity contribution in [2.75, 3.05) is 6.54 Å². The lowest BCUT2D eigenvalue weighted by Gasteiger charge is -2.23. The minimum absolute atomic E-state index is 0.0885. The molecule has 1 N–H and O–H groups in total. The van der Waals surface area contributed by atoms with Gasteiger partial charge in [0.15, 0.2) is 5.65 Å². The third-order valence-electron chi connectivity index (χ3n) is 4.86. The van der Waals surface area contributed by atoms with Gasteiger partial charge in [0.1, 0.15) is 5.69 Å². The van der Waals surface area contributed by atoms with Gasteiger partial charge in [-0.25, -0.2) is 9.50 Å². The van der Waals surface area contributed by atoms with Crippen LogP contribution in [0.15, 0.2) is 35.3 Å². The van der Waals surface area contributed by atoms with Crippen LogP contribution in [0.1, 0.15) is 46.3 Å². The summed E-state index contributed by atoms with van der Waals surface area (Å²) in [6.45, 7) is 4.27. The van der Waals surface area contributed by atoms with Gasteiger partial charge in [-0.05, 0) is 38.8 Å². The van der Waals surface area contributed by atoms with E-state index in [0.717, 1.165) is 24.2 Å². The largest absolute Gasteiger partial charge is 0.329 e. The summed E-state index contributed by atoms with van der Waals surface area (Å²) in [7, 11) is 0. The molecule has 1 atom stereocenters. The van der Waals surface area contributed by atoms with Gasteiger partial charge in [-0.2, -0.15) is 0 Å². The predicted molar refractivity (Wildman–Crippen MR) is 92.5 cm³/mol. The van der Waals surface area contributed by atoms with Crippen molar-refractivity contribution in [1.82, 2.24) is 24.5 Å². The van der Waals surface area contributed by atoms with E-state index in [-0.39, 0.29) is 17.5 Å². The Bertz CT molecular complexity index is 1010. The zero-order valence-electron chi connectivity index (χ0n) is 14.2. The number of nitrogens with zero attached hydrogens (tertiary/aromatic N) is 4. The molecule has 0 spiro atoms. The smallest absolute Gasteiger partial charge is 0.275 e. The number of aryl methyl sites for hydroxylation is 1. The number of rotatable bonds is 2. The first-order chi connectivity index (χ1) is 12.1. The summed E-state index contributed by atoms with van der Waals surface area (Å²) in [6.07, 6.45) is 3.38. The van der Waals surface area contributed by atoms with Gasteiger partial charge in [0.2, 0.25) is 0 Å². The second-order valence-corrected chi connectivity index (χ2v) is 6.40. The molecule has 0 unspecified atom stereocenters. The molecule has 1 aliphatic heterocycles. The number of amides is 1. The van der Waals surface area contributed by atoms with Crippen LogP contribution >= 0.6 is 0 Å². The van der Waals surface area contributed by atoms with Crippen LogP contribution in [0.3, 0.4) is 0 Å². The molecule has 0 radical (unpaired) electrons. The van der Waals surface area contributed by atoms with E-state index in [4.69, 9.17) is 0 Å². The van der Waals surface area contributed by atoms with Crippen molar-refractivity contribution in [2.45, 2.75) is 32.7 Å². The summed E-state index contributed by atoms with van der Waals surface area (Å²) in [5.41, 5.74) is 3.10. The van der Waals surface area contributed by atoms with Gasteiger partial charge in [-0.1, -0.05) is 6.07 Å². The van der Waals surface area contributed by atoms with Crippen molar-refractivity contribution in [2.24, 2.45) is 0 Å². The van der Waals surface area contributed by atoms with Crippen molar-refractivity contribution >= 4 is 11.6 Å². The molecule has 25 heavy (non-hydrogen) atoms. The molecule has 3 aromatic rings. The van der Waals surface area contributed by atoms with Crippen LogP contribution in [0, 0.1) is 13.8 Å². The summed E-state index contributed by atoms with van der Waals surface area (Å²) < 4.78 is 1.46. The van der Waals surface area contributed by atoms with Crippen molar-refractivity contribution in [3.63, 3.8) is 0 Å². The first-order valence-corrected chi connectivity index (χ1v) is 8.37. The first-order valence-electron chi connectivity index (χ1n) is 8.37. The molecule has 1 saturated heterocycles. The summed E-state index contributed by atoms with van der Waals surface area (Å²) in [6, 6.07) is 7.09. The lowest BCUT2D eigenvalue weighted by Crippen LogP contribution is -2.31. The molecule has 7 heteroatoms. The third-order valence-corrected chi connectivity index (χ3v) is 4.86. The number of carbonyl (C=O) groups is 1. The van der Waals surface area contributed by atoms with E-state index in [9.17, 15) is 9.59 Å². The summed E-state index contributed by atoms with van der Waals surface area (Å²) in [5.74, 6) is -0.0885. The Morgan fingerprint density at radius 1 is 1.32 bits per heavy atom. The molecule has 4 heterocycles. The number of fused-ring (bicyclic) bond motifs is 1. The molecule has 4 rings (SSSR count). The number of nitrogens with one attached hydrogen (secondary N) is 1. The molecular weight excluding hydrogens is 318 g/mol. The molecule has 0 aromatic carbocycles. The Balaban J connectivity index is 1.73. The number of likely N-dealkylation sites (tertiary alicyclic amines) is 1. The fraction of sp³-hybridized carbons (Fsp3) is 0.333. The maximum absolute atomic E-state index is 12.8. The molecule has 128 valence electrons. The lowest BCUT2D eigenvalue weighted by atomic mass is 10.1. The fourth-order valence-corrected chi connectivity index (χ4v) is 3.38. The van der Waals surface area contributed by atoms with Crippen molar-refractivity contribution in [1.29, 1.82) is 0 Å². The molecule has 1 amide bonds. The number of hydrogen-bond donors (Lipinski definition) is 1. The number of aromatic nitrogens is 4. The van der Waals surface area contributed by atoms with Crippen LogP contribution in [0.4, 0.5) is 0 Å². The lowest BCUT2D eigenvalue weighted by molar-refractivity contribution is 0.0726. The number of pyridine rings is 1. The van der Waals surface area contributed by atoms with Crippen molar-refractivity contribution in [3.8, 4) is 0 Å². The average molecular weight is 337 g/mol. The Kier molecular flexibility index (Phi) is 3.63. The minimum atomic E-state index is -0.102. The Morgan fingerprint density at radius 3 is 2.92 bits per heavy atom. The van der Waals surface area contributed by atoms with Gasteiger partial charge in [-0.15, -0.1) is 0 Å². The zero-order chi connectivity index (χ0) is 17.6. The van der Waals surface area contributed by atoms with Gasteiger partial charge in [-0.3, -0.25) is 19.7 Å². The van der Waals surface area contributed by atoms with Crippen molar-refractivity contribution < 1.29 is 4.79 Å². The topological polar surface area (TPSA) is 83.4 Å². The molecule has 7 nitrogen and oxygen atoms in total. The standard InChI is InChI=1S/C18H19N5O2/c1-11-12(2)20-16-10-14(21-23(16)17(11)24)15-7-5-9-22(15)18(25)13-6-3-4-8-19-13/h3-4,6,8,10,15,21H,5,7,9H2,1-2H3/t15-/m1/s1. The number of hydrogen-bond acceptors (Lipinski definition) is 4. The predicted octanol–water partition coefficient (Wildman–Crippen LogP) is 2.01. The highest BCUT2D eigenvalue weighted by molar-refractivity contribution is 5.92. The normalized spacial score (nSPS) is 17.4. The van der Waals surface area contributed by atoms with Gasteiger partial charge >= 0.3 is 0 Å². The van der Waals surface area contributed by atoms with E-state index >= 15 is 0 Å². The Hall–Kier alpha value is -2.96. The molecule has 0 aliphatic carbocycles. The second kappa shape index (κ2) is 5.84. The van der Waals surface area contributed by atoms with E-state index < -0.39 is 0 Å². The summed E-state index contributed by atoms with van der Waals surface area (Å²) in [4.78, 5) is 35.7. The van der Waals surface area contributed by atoms with E-state index in [1.807, 2.05) is 24.0 Å². The number of carbonyl (C=O) groups excluding carboxylic acids is 1. The molecule has 0 bridgehead atoms. The van der Waals surface area contributed by atoms with Crippen LogP contribution < -0.4 is 5.56 Å². The van der Waals surface area contributed by atoms with E-state index in [2.05, 4.69) is 15.1 Å². The van der Waals surface area contributed by atoms with Crippen LogP contribution in [-0.4, -0.2) is 36.9 Å². The van der Waals surface area contributed by atoms with Crippen LogP contribution in [0.5, 0.6) is 0 Å². The van der Waals surface area contributed by atoms with Crippen LogP contribution in [0.25, 0.3) is 5.65 Å². The number of H-pyrrole nitrogens is 1. The maximum atomic E-state index is 12.8. The van der Waals surface area contributed by atoms with Gasteiger partial charge in [0.05, 0.1) is 11.7 Å². The van der Waals surface area contributed by atoms with Crippen LogP contribution in [-0.2, 0) is 0 Å². The van der Waals surface area contributed by atoms with E-state index in [1.54, 1.807) is 25.3 Å². The second-order valence-electron chi connectivity index (χ2n) is 6.40. The average Bonchev–Trinajstić information content (AvgIpc) is 3.26.